The quantitative estimate of drug-likeness (QED) is 0.572. The Hall–Kier alpha value is -4.01. The molecule has 2 aromatic heterocycles. The van der Waals surface area contributed by atoms with E-state index >= 15 is 0 Å². The molecule has 4 amide bonds. The van der Waals surface area contributed by atoms with Crippen molar-refractivity contribution in [2.75, 3.05) is 18.0 Å². The first kappa shape index (κ1) is 22.5. The second-order valence-corrected chi connectivity index (χ2v) is 9.87. The Kier molecular flexibility index (Phi) is 5.00. The number of carbonyl (C=O) groups excluding carboxylic acids is 3. The maximum Gasteiger partial charge on any atom is 0.330 e. The van der Waals surface area contributed by atoms with Gasteiger partial charge in [0.25, 0.3) is 5.56 Å². The molecule has 3 aliphatic heterocycles. The molecule has 3 aliphatic rings. The number of hydrogen-bond acceptors (Lipinski definition) is 6. The van der Waals surface area contributed by atoms with Gasteiger partial charge in [0.2, 0.25) is 11.8 Å². The zero-order valence-corrected chi connectivity index (χ0v) is 20.3. The minimum Gasteiger partial charge on any atom is -0.347 e. The van der Waals surface area contributed by atoms with Crippen molar-refractivity contribution >= 4 is 29.3 Å². The fraction of sp³-hybridized carbons (Fsp3) is 0.370. The summed E-state index contributed by atoms with van der Waals surface area (Å²) in [6.45, 7) is 4.58. The normalized spacial score (nSPS) is 22.9. The number of carbonyl (C=O) groups is 3. The van der Waals surface area contributed by atoms with E-state index in [1.807, 2.05) is 49.1 Å². The number of aromatic nitrogens is 2. The van der Waals surface area contributed by atoms with Crippen molar-refractivity contribution in [1.29, 1.82) is 0 Å². The highest BCUT2D eigenvalue weighted by Crippen LogP contribution is 2.52. The van der Waals surface area contributed by atoms with Gasteiger partial charge in [0.1, 0.15) is 11.5 Å². The van der Waals surface area contributed by atoms with Crippen LogP contribution in [0.15, 0.2) is 47.4 Å². The van der Waals surface area contributed by atoms with Crippen molar-refractivity contribution in [3.63, 3.8) is 0 Å². The van der Waals surface area contributed by atoms with Gasteiger partial charge in [0.05, 0.1) is 11.6 Å². The van der Waals surface area contributed by atoms with Crippen LogP contribution in [0.25, 0.3) is 5.65 Å². The number of aryl methyl sites for hydroxylation is 1. The Labute approximate surface area is 207 Å². The van der Waals surface area contributed by atoms with Crippen LogP contribution >= 0.6 is 0 Å². The molecule has 1 aromatic carbocycles. The van der Waals surface area contributed by atoms with E-state index in [-0.39, 0.29) is 18.5 Å². The SMILES string of the molecule is CCCCN1C(=O)NC(=O)[C@]2(Cc3c(nc4c(C)cccn4c3=O)N3CCc4ccccc4[C@H]32)C1=O. The van der Waals surface area contributed by atoms with E-state index in [0.29, 0.717) is 36.4 Å². The molecular formula is C27H27N5O4. The van der Waals surface area contributed by atoms with Gasteiger partial charge in [-0.2, -0.15) is 0 Å². The molecule has 0 aliphatic carbocycles. The van der Waals surface area contributed by atoms with Gasteiger partial charge in [0.15, 0.2) is 5.41 Å². The first-order chi connectivity index (χ1) is 17.4. The molecule has 1 spiro atoms. The molecule has 36 heavy (non-hydrogen) atoms. The molecule has 9 heteroatoms. The highest BCUT2D eigenvalue weighted by atomic mass is 16.2. The van der Waals surface area contributed by atoms with Crippen LogP contribution in [0.4, 0.5) is 10.6 Å². The number of urea groups is 1. The first-order valence-electron chi connectivity index (χ1n) is 12.4. The summed E-state index contributed by atoms with van der Waals surface area (Å²) in [6.07, 6.45) is 3.63. The molecule has 2 atom stereocenters. The Bertz CT molecular complexity index is 1510. The fourth-order valence-electron chi connectivity index (χ4n) is 6.04. The molecule has 0 unspecified atom stereocenters. The van der Waals surface area contributed by atoms with Gasteiger partial charge >= 0.3 is 6.03 Å². The number of fused-ring (bicyclic) bond motifs is 7. The minimum absolute atomic E-state index is 0.124. The lowest BCUT2D eigenvalue weighted by atomic mass is 9.65. The lowest BCUT2D eigenvalue weighted by Gasteiger charge is -2.53. The third-order valence-corrected chi connectivity index (χ3v) is 7.83. The number of rotatable bonds is 3. The van der Waals surface area contributed by atoms with Gasteiger partial charge in [-0.1, -0.05) is 43.7 Å². The third kappa shape index (κ3) is 2.91. The summed E-state index contributed by atoms with van der Waals surface area (Å²) in [6, 6.07) is 10.1. The number of amides is 4. The highest BCUT2D eigenvalue weighted by Gasteiger charge is 2.64. The number of anilines is 1. The van der Waals surface area contributed by atoms with Gasteiger partial charge in [-0.15, -0.1) is 0 Å². The van der Waals surface area contributed by atoms with E-state index in [2.05, 4.69) is 5.32 Å². The van der Waals surface area contributed by atoms with Crippen molar-refractivity contribution < 1.29 is 14.4 Å². The summed E-state index contributed by atoms with van der Waals surface area (Å²) < 4.78 is 1.48. The van der Waals surface area contributed by atoms with E-state index in [4.69, 9.17) is 4.98 Å². The maximum absolute atomic E-state index is 14.2. The molecule has 1 saturated heterocycles. The van der Waals surface area contributed by atoms with E-state index in [9.17, 15) is 19.2 Å². The van der Waals surface area contributed by atoms with E-state index < -0.39 is 29.3 Å². The molecule has 0 saturated carbocycles. The van der Waals surface area contributed by atoms with Crippen LogP contribution in [0.3, 0.4) is 0 Å². The second-order valence-electron chi connectivity index (χ2n) is 9.87. The number of nitrogens with zero attached hydrogens (tertiary/aromatic N) is 4. The van der Waals surface area contributed by atoms with Crippen LogP contribution in [0.5, 0.6) is 0 Å². The number of hydrogen-bond donors (Lipinski definition) is 1. The number of nitrogens with one attached hydrogen (secondary N) is 1. The second kappa shape index (κ2) is 8.01. The minimum atomic E-state index is -1.66. The summed E-state index contributed by atoms with van der Waals surface area (Å²) in [5.74, 6) is -0.691. The van der Waals surface area contributed by atoms with E-state index in [1.54, 1.807) is 12.3 Å². The largest absolute Gasteiger partial charge is 0.347 e. The maximum atomic E-state index is 14.2. The predicted octanol–water partition coefficient (Wildman–Crippen LogP) is 2.53. The molecule has 1 fully saturated rings. The average molecular weight is 486 g/mol. The Morgan fingerprint density at radius 2 is 1.92 bits per heavy atom. The van der Waals surface area contributed by atoms with Crippen molar-refractivity contribution in [1.82, 2.24) is 19.6 Å². The zero-order valence-electron chi connectivity index (χ0n) is 20.3. The molecule has 0 radical (unpaired) electrons. The van der Waals surface area contributed by atoms with Crippen molar-refractivity contribution in [2.45, 2.75) is 45.6 Å². The topological polar surface area (TPSA) is 104 Å². The lowest BCUT2D eigenvalue weighted by Crippen LogP contribution is -2.70. The Balaban J connectivity index is 1.64. The Morgan fingerprint density at radius 1 is 1.11 bits per heavy atom. The molecule has 5 heterocycles. The van der Waals surface area contributed by atoms with Gasteiger partial charge in [0, 0.05) is 25.7 Å². The lowest BCUT2D eigenvalue weighted by molar-refractivity contribution is -0.154. The van der Waals surface area contributed by atoms with Crippen LogP contribution in [0, 0.1) is 12.3 Å². The fourth-order valence-corrected chi connectivity index (χ4v) is 6.04. The van der Waals surface area contributed by atoms with Crippen LogP contribution in [-0.4, -0.2) is 45.2 Å². The van der Waals surface area contributed by atoms with Crippen LogP contribution < -0.4 is 15.8 Å². The predicted molar refractivity (Wildman–Crippen MR) is 133 cm³/mol. The first-order valence-corrected chi connectivity index (χ1v) is 12.4. The van der Waals surface area contributed by atoms with E-state index in [1.165, 1.54) is 4.40 Å². The van der Waals surface area contributed by atoms with Gasteiger partial charge < -0.3 is 4.90 Å². The van der Waals surface area contributed by atoms with Crippen molar-refractivity contribution in [3.05, 3.63) is 75.2 Å². The standard InChI is InChI=1S/C27H27N5O4/c1-3-4-12-32-25(35)27(24(34)29-26(32)36)15-19-22(28-21-16(2)8-7-13-31(21)23(19)33)30-14-11-17-9-5-6-10-18(17)20(27)30/h5-10,13,20H,3-4,11-12,14-15H2,1-2H3,(H,29,34,36)/t20-,27+/m0/s1. The number of benzene rings is 1. The number of pyridine rings is 1. The van der Waals surface area contributed by atoms with Crippen molar-refractivity contribution in [3.8, 4) is 0 Å². The number of unbranched alkanes of at least 4 members (excludes halogenated alkanes) is 1. The summed E-state index contributed by atoms with van der Waals surface area (Å²) >= 11 is 0. The van der Waals surface area contributed by atoms with Gasteiger partial charge in [-0.3, -0.25) is 29.0 Å². The summed E-state index contributed by atoms with van der Waals surface area (Å²) in [5.41, 5.74) is 1.67. The van der Waals surface area contributed by atoms with Crippen LogP contribution in [0.2, 0.25) is 0 Å². The molecule has 0 bridgehead atoms. The molecule has 1 N–H and O–H groups in total. The molecular weight excluding hydrogens is 458 g/mol. The summed E-state index contributed by atoms with van der Waals surface area (Å²) in [7, 11) is 0. The monoisotopic (exact) mass is 485 g/mol. The van der Waals surface area contributed by atoms with Gasteiger partial charge in [-0.25, -0.2) is 9.78 Å². The van der Waals surface area contributed by atoms with Gasteiger partial charge in [-0.05, 0) is 42.5 Å². The molecule has 9 nitrogen and oxygen atoms in total. The smallest absolute Gasteiger partial charge is 0.330 e. The van der Waals surface area contributed by atoms with E-state index in [0.717, 1.165) is 28.0 Å². The average Bonchev–Trinajstić information content (AvgIpc) is 2.88. The summed E-state index contributed by atoms with van der Waals surface area (Å²) in [5, 5.41) is 2.46. The van der Waals surface area contributed by atoms with Crippen LogP contribution in [0.1, 0.15) is 48.1 Å². The number of imide groups is 2. The Morgan fingerprint density at radius 3 is 2.72 bits per heavy atom. The summed E-state index contributed by atoms with van der Waals surface area (Å²) in [4.78, 5) is 62.5. The molecule has 3 aromatic rings. The van der Waals surface area contributed by atoms with Crippen molar-refractivity contribution in [2.24, 2.45) is 5.41 Å². The van der Waals surface area contributed by atoms with Crippen LogP contribution in [-0.2, 0) is 22.4 Å². The molecule has 6 rings (SSSR count). The number of barbiturate groups is 1. The highest BCUT2D eigenvalue weighted by molar-refractivity contribution is 6.20. The zero-order chi connectivity index (χ0) is 25.2. The third-order valence-electron chi connectivity index (χ3n) is 7.83. The molecule has 184 valence electrons.